The molecule has 1 aromatic heterocycles. The molecule has 2 aliphatic rings. The van der Waals surface area contributed by atoms with E-state index in [1.165, 1.54) is 4.31 Å². The van der Waals surface area contributed by atoms with Gasteiger partial charge in [0.05, 0.1) is 25.1 Å². The molecule has 2 fully saturated rings. The Bertz CT molecular complexity index is 756. The van der Waals surface area contributed by atoms with Crippen molar-refractivity contribution in [2.75, 3.05) is 62.7 Å². The number of nitrogens with one attached hydrogen (secondary N) is 2. The Kier molecular flexibility index (Phi) is 6.70. The Morgan fingerprint density at radius 3 is 2.36 bits per heavy atom. The number of urea groups is 1. The summed E-state index contributed by atoms with van der Waals surface area (Å²) < 4.78 is 33.7. The molecule has 2 amide bonds. The van der Waals surface area contributed by atoms with Crippen LogP contribution in [0.3, 0.4) is 0 Å². The summed E-state index contributed by atoms with van der Waals surface area (Å²) in [6, 6.07) is 3.28. The van der Waals surface area contributed by atoms with E-state index >= 15 is 0 Å². The lowest BCUT2D eigenvalue weighted by atomic mass is 10.3. The molecule has 0 radical (unpaired) electrons. The summed E-state index contributed by atoms with van der Waals surface area (Å²) in [7, 11) is -3.50. The standard InChI is InChI=1S/C17H28N6O4S/c1-14(2)20-28(25,26)23-7-5-22(6-8-23)17(24)19-15-3-4-16(18-13-15)21-9-11-27-12-10-21/h3-4,13-14,20H,5-12H2,1-2H3,(H,19,24). The van der Waals surface area contributed by atoms with Crippen molar-refractivity contribution >= 4 is 27.7 Å². The van der Waals surface area contributed by atoms with Gasteiger partial charge in [-0.25, -0.2) is 9.78 Å². The second kappa shape index (κ2) is 9.03. The Morgan fingerprint density at radius 2 is 1.79 bits per heavy atom. The molecular weight excluding hydrogens is 384 g/mol. The molecule has 2 N–H and O–H groups in total. The third-order valence-corrected chi connectivity index (χ3v) is 6.40. The van der Waals surface area contributed by atoms with Crippen LogP contribution in [0, 0.1) is 0 Å². The number of piperazine rings is 1. The molecule has 0 spiro atoms. The van der Waals surface area contributed by atoms with Gasteiger partial charge in [-0.15, -0.1) is 0 Å². The van der Waals surface area contributed by atoms with Gasteiger partial charge in [0.25, 0.3) is 10.2 Å². The molecule has 0 saturated carbocycles. The van der Waals surface area contributed by atoms with Crippen LogP contribution in [0.1, 0.15) is 13.8 Å². The third-order valence-electron chi connectivity index (χ3n) is 4.58. The maximum atomic E-state index is 12.5. The summed E-state index contributed by atoms with van der Waals surface area (Å²) in [5.74, 6) is 0.859. The number of aromatic nitrogens is 1. The average Bonchev–Trinajstić information content (AvgIpc) is 2.68. The number of pyridine rings is 1. The third kappa shape index (κ3) is 5.31. The van der Waals surface area contributed by atoms with Crippen molar-refractivity contribution in [2.45, 2.75) is 19.9 Å². The number of amides is 2. The van der Waals surface area contributed by atoms with Gasteiger partial charge in [0.1, 0.15) is 5.82 Å². The predicted octanol–water partition coefficient (Wildman–Crippen LogP) is 0.311. The van der Waals surface area contributed by atoms with Crippen LogP contribution in [0.25, 0.3) is 0 Å². The Hall–Kier alpha value is -1.95. The first-order chi connectivity index (χ1) is 13.3. The highest BCUT2D eigenvalue weighted by Gasteiger charge is 2.29. The smallest absolute Gasteiger partial charge is 0.321 e. The van der Waals surface area contributed by atoms with E-state index in [0.717, 1.165) is 18.9 Å². The lowest BCUT2D eigenvalue weighted by molar-refractivity contribution is 0.122. The number of anilines is 2. The van der Waals surface area contributed by atoms with E-state index in [1.807, 2.05) is 12.1 Å². The maximum Gasteiger partial charge on any atom is 0.321 e. The molecule has 0 aliphatic carbocycles. The first-order valence-corrected chi connectivity index (χ1v) is 10.9. The van der Waals surface area contributed by atoms with Crippen molar-refractivity contribution < 1.29 is 17.9 Å². The van der Waals surface area contributed by atoms with Crippen molar-refractivity contribution in [3.63, 3.8) is 0 Å². The highest BCUT2D eigenvalue weighted by Crippen LogP contribution is 2.16. The monoisotopic (exact) mass is 412 g/mol. The van der Waals surface area contributed by atoms with Gasteiger partial charge in [-0.1, -0.05) is 0 Å². The van der Waals surface area contributed by atoms with Crippen LogP contribution in [0.15, 0.2) is 18.3 Å². The number of hydrogen-bond acceptors (Lipinski definition) is 6. The molecule has 156 valence electrons. The van der Waals surface area contributed by atoms with Crippen molar-refractivity contribution in [3.8, 4) is 0 Å². The average molecular weight is 413 g/mol. The fourth-order valence-corrected chi connectivity index (χ4v) is 4.53. The topological polar surface area (TPSA) is 107 Å². The van der Waals surface area contributed by atoms with Crippen LogP contribution < -0.4 is 14.9 Å². The van der Waals surface area contributed by atoms with Crippen molar-refractivity contribution in [1.82, 2.24) is 18.9 Å². The Morgan fingerprint density at radius 1 is 1.11 bits per heavy atom. The number of rotatable bonds is 5. The minimum atomic E-state index is -3.50. The van der Waals surface area contributed by atoms with Crippen molar-refractivity contribution in [3.05, 3.63) is 18.3 Å². The minimum absolute atomic E-state index is 0.167. The number of nitrogens with zero attached hydrogens (tertiary/aromatic N) is 4. The summed E-state index contributed by atoms with van der Waals surface area (Å²) in [5.41, 5.74) is 0.610. The lowest BCUT2D eigenvalue weighted by Crippen LogP contribution is -2.54. The van der Waals surface area contributed by atoms with Gasteiger partial charge in [0, 0.05) is 45.3 Å². The first-order valence-electron chi connectivity index (χ1n) is 9.47. The maximum absolute atomic E-state index is 12.5. The van der Waals surface area contributed by atoms with Crippen LogP contribution in [0.5, 0.6) is 0 Å². The predicted molar refractivity (Wildman–Crippen MR) is 107 cm³/mol. The van der Waals surface area contributed by atoms with E-state index in [1.54, 1.807) is 24.9 Å². The van der Waals surface area contributed by atoms with Crippen LogP contribution in [0.4, 0.5) is 16.3 Å². The normalized spacial score (nSPS) is 19.1. The van der Waals surface area contributed by atoms with Crippen LogP contribution in [-0.2, 0) is 14.9 Å². The molecule has 2 aliphatic heterocycles. The number of carbonyl (C=O) groups excluding carboxylic acids is 1. The molecule has 0 atom stereocenters. The fraction of sp³-hybridized carbons (Fsp3) is 0.647. The zero-order valence-corrected chi connectivity index (χ0v) is 17.1. The molecule has 3 heterocycles. The molecule has 1 aromatic rings. The molecule has 0 aromatic carbocycles. The number of morpholine rings is 1. The van der Waals surface area contributed by atoms with E-state index in [9.17, 15) is 13.2 Å². The van der Waals surface area contributed by atoms with Crippen LogP contribution in [-0.4, -0.2) is 87.2 Å². The summed E-state index contributed by atoms with van der Waals surface area (Å²) in [6.07, 6.45) is 1.63. The SMILES string of the molecule is CC(C)NS(=O)(=O)N1CCN(C(=O)Nc2ccc(N3CCOCC3)nc2)CC1. The van der Waals surface area contributed by atoms with Gasteiger partial charge in [0.2, 0.25) is 0 Å². The first kappa shape index (κ1) is 20.8. The number of ether oxygens (including phenoxy) is 1. The molecule has 2 saturated heterocycles. The van der Waals surface area contributed by atoms with E-state index in [4.69, 9.17) is 4.74 Å². The molecule has 3 rings (SSSR count). The lowest BCUT2D eigenvalue weighted by Gasteiger charge is -2.34. The summed E-state index contributed by atoms with van der Waals surface area (Å²) in [5, 5.41) is 2.83. The van der Waals surface area contributed by atoms with Gasteiger partial charge < -0.3 is 19.9 Å². The molecule has 0 unspecified atom stereocenters. The van der Waals surface area contributed by atoms with E-state index in [2.05, 4.69) is 19.9 Å². The van der Waals surface area contributed by atoms with E-state index < -0.39 is 10.2 Å². The van der Waals surface area contributed by atoms with Crippen molar-refractivity contribution in [1.29, 1.82) is 0 Å². The van der Waals surface area contributed by atoms with E-state index in [-0.39, 0.29) is 25.2 Å². The molecule has 11 heteroatoms. The zero-order chi connectivity index (χ0) is 20.1. The van der Waals surface area contributed by atoms with Gasteiger partial charge in [0.15, 0.2) is 0 Å². The Balaban J connectivity index is 1.50. The van der Waals surface area contributed by atoms with Crippen LogP contribution in [0.2, 0.25) is 0 Å². The molecule has 10 nitrogen and oxygen atoms in total. The Labute approximate surface area is 166 Å². The van der Waals surface area contributed by atoms with Gasteiger partial charge >= 0.3 is 6.03 Å². The van der Waals surface area contributed by atoms with Gasteiger partial charge in [-0.3, -0.25) is 0 Å². The van der Waals surface area contributed by atoms with Gasteiger partial charge in [-0.2, -0.15) is 17.4 Å². The molecular formula is C17H28N6O4S. The van der Waals surface area contributed by atoms with Crippen molar-refractivity contribution in [2.24, 2.45) is 0 Å². The molecule has 28 heavy (non-hydrogen) atoms. The minimum Gasteiger partial charge on any atom is -0.378 e. The highest BCUT2D eigenvalue weighted by molar-refractivity contribution is 7.87. The summed E-state index contributed by atoms with van der Waals surface area (Å²) >= 11 is 0. The summed E-state index contributed by atoms with van der Waals surface area (Å²) in [6.45, 7) is 7.75. The van der Waals surface area contributed by atoms with E-state index in [0.29, 0.717) is 32.0 Å². The highest BCUT2D eigenvalue weighted by atomic mass is 32.2. The zero-order valence-electron chi connectivity index (χ0n) is 16.3. The van der Waals surface area contributed by atoms with Crippen LogP contribution >= 0.6 is 0 Å². The fourth-order valence-electron chi connectivity index (χ4n) is 3.15. The second-order valence-electron chi connectivity index (χ2n) is 7.10. The van der Waals surface area contributed by atoms with Gasteiger partial charge in [-0.05, 0) is 26.0 Å². The summed E-state index contributed by atoms with van der Waals surface area (Å²) in [4.78, 5) is 20.6. The molecule has 0 bridgehead atoms. The number of hydrogen-bond donors (Lipinski definition) is 2. The number of carbonyl (C=O) groups is 1. The second-order valence-corrected chi connectivity index (χ2v) is 8.80. The quantitative estimate of drug-likeness (QED) is 0.721. The largest absolute Gasteiger partial charge is 0.378 e.